The Morgan fingerprint density at radius 3 is 1.54 bits per heavy atom. The van der Waals surface area contributed by atoms with Gasteiger partial charge in [-0.2, -0.15) is 16.8 Å². The van der Waals surface area contributed by atoms with Crippen molar-refractivity contribution in [2.75, 3.05) is 0 Å². The molecular formula is C32H50O7S2. The van der Waals surface area contributed by atoms with E-state index in [2.05, 4.69) is 13.8 Å². The summed E-state index contributed by atoms with van der Waals surface area (Å²) in [5.74, 6) is 0.0893. The van der Waals surface area contributed by atoms with Crippen molar-refractivity contribution in [3.05, 3.63) is 47.5 Å². The minimum atomic E-state index is -5.06. The smallest absolute Gasteiger partial charge is 0.299 e. The van der Waals surface area contributed by atoms with Crippen molar-refractivity contribution in [3.63, 3.8) is 0 Å². The van der Waals surface area contributed by atoms with Gasteiger partial charge in [-0.15, -0.1) is 0 Å². The van der Waals surface area contributed by atoms with E-state index in [0.717, 1.165) is 51.4 Å². The molecule has 0 bridgehead atoms. The normalized spacial score (nSPS) is 12.1. The number of ether oxygens (including phenoxy) is 1. The molecule has 2 N–H and O–H groups in total. The van der Waals surface area contributed by atoms with Gasteiger partial charge in [-0.05, 0) is 55.0 Å². The van der Waals surface area contributed by atoms with Crippen molar-refractivity contribution in [2.45, 2.75) is 139 Å². The van der Waals surface area contributed by atoms with Crippen molar-refractivity contribution < 1.29 is 30.7 Å². The van der Waals surface area contributed by atoms with Crippen LogP contribution >= 0.6 is 0 Å². The summed E-state index contributed by atoms with van der Waals surface area (Å²) >= 11 is 0. The van der Waals surface area contributed by atoms with Crippen LogP contribution in [0.5, 0.6) is 11.5 Å². The first kappa shape index (κ1) is 35.3. The summed E-state index contributed by atoms with van der Waals surface area (Å²) < 4.78 is 76.2. The first-order valence-corrected chi connectivity index (χ1v) is 18.3. The summed E-state index contributed by atoms with van der Waals surface area (Å²) in [7, 11) is -10.0. The Bertz CT molecular complexity index is 1240. The second-order valence-corrected chi connectivity index (χ2v) is 13.7. The molecule has 0 aliphatic heterocycles. The van der Waals surface area contributed by atoms with Gasteiger partial charge in [-0.1, -0.05) is 122 Å². The third-order valence-corrected chi connectivity index (χ3v) is 9.40. The van der Waals surface area contributed by atoms with E-state index in [1.807, 2.05) is 0 Å². The van der Waals surface area contributed by atoms with E-state index in [1.165, 1.54) is 57.4 Å². The average Bonchev–Trinajstić information content (AvgIpc) is 2.91. The maximum atomic E-state index is 12.6. The molecule has 0 radical (unpaired) electrons. The average molecular weight is 611 g/mol. The molecule has 0 saturated carbocycles. The zero-order valence-corrected chi connectivity index (χ0v) is 26.6. The van der Waals surface area contributed by atoms with Gasteiger partial charge in [0.05, 0.1) is 0 Å². The quantitative estimate of drug-likeness (QED) is 0.101. The molecule has 2 rings (SSSR count). The molecule has 2 aromatic rings. The van der Waals surface area contributed by atoms with E-state index in [4.69, 9.17) is 4.74 Å². The number of benzene rings is 2. The Morgan fingerprint density at radius 2 is 1.07 bits per heavy atom. The number of hydrogen-bond donors (Lipinski definition) is 2. The Kier molecular flexibility index (Phi) is 16.0. The molecule has 0 amide bonds. The molecule has 0 spiro atoms. The van der Waals surface area contributed by atoms with Crippen LogP contribution in [-0.4, -0.2) is 25.9 Å². The Balaban J connectivity index is 2.40. The molecule has 9 heteroatoms. The van der Waals surface area contributed by atoms with Crippen LogP contribution in [0.15, 0.2) is 46.2 Å². The first-order chi connectivity index (χ1) is 19.6. The van der Waals surface area contributed by atoms with Gasteiger partial charge in [0.25, 0.3) is 20.2 Å². The summed E-state index contributed by atoms with van der Waals surface area (Å²) in [5, 5.41) is 0. The van der Waals surface area contributed by atoms with Crippen molar-refractivity contribution in [2.24, 2.45) is 0 Å². The molecule has 0 aromatic heterocycles. The predicted octanol–water partition coefficient (Wildman–Crippen LogP) is 9.34. The lowest BCUT2D eigenvalue weighted by Gasteiger charge is -2.20. The van der Waals surface area contributed by atoms with Gasteiger partial charge >= 0.3 is 0 Å². The number of hydrogen-bond acceptors (Lipinski definition) is 5. The van der Waals surface area contributed by atoms with Crippen molar-refractivity contribution >= 4 is 20.2 Å². The van der Waals surface area contributed by atoms with Gasteiger partial charge < -0.3 is 4.74 Å². The third-order valence-electron chi connectivity index (χ3n) is 7.48. The molecular weight excluding hydrogens is 560 g/mol. The number of rotatable bonds is 22. The molecule has 0 atom stereocenters. The summed E-state index contributed by atoms with van der Waals surface area (Å²) in [6.07, 6.45) is 18.6. The predicted molar refractivity (Wildman–Crippen MR) is 165 cm³/mol. The first-order valence-electron chi connectivity index (χ1n) is 15.5. The summed E-state index contributed by atoms with van der Waals surface area (Å²) in [5.41, 5.74) is 1.20. The fraction of sp³-hybridized carbons (Fsp3) is 0.625. The molecule has 0 saturated heterocycles. The zero-order valence-electron chi connectivity index (χ0n) is 24.9. The Morgan fingerprint density at radius 1 is 0.610 bits per heavy atom. The van der Waals surface area contributed by atoms with Crippen LogP contribution in [0.3, 0.4) is 0 Å². The monoisotopic (exact) mass is 610 g/mol. The van der Waals surface area contributed by atoms with Gasteiger partial charge in [0, 0.05) is 0 Å². The molecule has 232 valence electrons. The van der Waals surface area contributed by atoms with Crippen LogP contribution in [0.1, 0.15) is 128 Å². The lowest BCUT2D eigenvalue weighted by atomic mass is 9.95. The van der Waals surface area contributed by atoms with E-state index < -0.39 is 30.0 Å². The SMILES string of the molecule is CCCCCCCCCCc1cc(S(=O)(=O)O)c(S(=O)(=O)O)c(Oc2ccccc2)c1CCCCCCCCCC. The highest BCUT2D eigenvalue weighted by atomic mass is 32.2. The molecule has 0 fully saturated rings. The molecule has 0 heterocycles. The minimum absolute atomic E-state index is 0.216. The minimum Gasteiger partial charge on any atom is -0.456 e. The van der Waals surface area contributed by atoms with Gasteiger partial charge in [0.1, 0.15) is 10.6 Å². The van der Waals surface area contributed by atoms with E-state index in [-0.39, 0.29) is 5.75 Å². The van der Waals surface area contributed by atoms with E-state index >= 15 is 0 Å². The van der Waals surface area contributed by atoms with Gasteiger partial charge in [0.2, 0.25) is 0 Å². The van der Waals surface area contributed by atoms with Gasteiger partial charge in [-0.3, -0.25) is 9.11 Å². The van der Waals surface area contributed by atoms with Crippen LogP contribution < -0.4 is 4.74 Å². The van der Waals surface area contributed by atoms with Crippen LogP contribution in [-0.2, 0) is 33.1 Å². The number of unbranched alkanes of at least 4 members (excludes halogenated alkanes) is 14. The van der Waals surface area contributed by atoms with Crippen molar-refractivity contribution in [3.8, 4) is 11.5 Å². The van der Waals surface area contributed by atoms with E-state index in [0.29, 0.717) is 29.7 Å². The second kappa shape index (κ2) is 18.6. The van der Waals surface area contributed by atoms with E-state index in [9.17, 15) is 25.9 Å². The molecule has 0 aliphatic rings. The molecule has 2 aromatic carbocycles. The second-order valence-electron chi connectivity index (χ2n) is 11.0. The highest BCUT2D eigenvalue weighted by molar-refractivity contribution is 7.89. The van der Waals surface area contributed by atoms with Crippen molar-refractivity contribution in [1.82, 2.24) is 0 Å². The molecule has 0 unspecified atom stereocenters. The molecule has 7 nitrogen and oxygen atoms in total. The zero-order chi connectivity index (χ0) is 30.1. The summed E-state index contributed by atoms with van der Waals surface area (Å²) in [4.78, 5) is -1.75. The lowest BCUT2D eigenvalue weighted by Crippen LogP contribution is -2.14. The summed E-state index contributed by atoms with van der Waals surface area (Å²) in [6, 6.07) is 9.69. The highest BCUT2D eigenvalue weighted by Crippen LogP contribution is 2.40. The van der Waals surface area contributed by atoms with E-state index in [1.54, 1.807) is 30.3 Å². The fourth-order valence-corrected chi connectivity index (χ4v) is 7.20. The maximum absolute atomic E-state index is 12.6. The van der Waals surface area contributed by atoms with Crippen LogP contribution in [0.4, 0.5) is 0 Å². The van der Waals surface area contributed by atoms with Crippen molar-refractivity contribution in [1.29, 1.82) is 0 Å². The topological polar surface area (TPSA) is 118 Å². The summed E-state index contributed by atoms with van der Waals surface area (Å²) in [6.45, 7) is 4.38. The van der Waals surface area contributed by atoms with Crippen LogP contribution in [0.2, 0.25) is 0 Å². The lowest BCUT2D eigenvalue weighted by molar-refractivity contribution is 0.430. The maximum Gasteiger partial charge on any atom is 0.299 e. The van der Waals surface area contributed by atoms with Gasteiger partial charge in [-0.25, -0.2) is 0 Å². The largest absolute Gasteiger partial charge is 0.456 e. The number of para-hydroxylation sites is 1. The van der Waals surface area contributed by atoms with Crippen LogP contribution in [0, 0.1) is 0 Å². The number of aryl methyl sites for hydroxylation is 1. The third kappa shape index (κ3) is 12.8. The molecule has 0 aliphatic carbocycles. The van der Waals surface area contributed by atoms with Crippen LogP contribution in [0.25, 0.3) is 0 Å². The van der Waals surface area contributed by atoms with Gasteiger partial charge in [0.15, 0.2) is 10.6 Å². The fourth-order valence-electron chi connectivity index (χ4n) is 5.24. The Labute approximate surface area is 248 Å². The standard InChI is InChI=1S/C32H50O7S2/c1-3-5-7-9-11-13-15-18-22-27-26-30(40(33,34)35)32(41(36,37)38)31(39-28-23-19-17-20-24-28)29(27)25-21-16-14-12-10-8-6-4-2/h17,19-20,23-24,26H,3-16,18,21-22,25H2,1-2H3,(H,33,34,35)(H,36,37,38). The molecule has 41 heavy (non-hydrogen) atoms. The highest BCUT2D eigenvalue weighted by Gasteiger charge is 2.33. The Hall–Kier alpha value is -1.94.